The molecule has 0 bridgehead atoms. The number of piperidine rings is 1. The Bertz CT molecular complexity index is 1450. The van der Waals surface area contributed by atoms with Gasteiger partial charge in [-0.3, -0.25) is 14.5 Å². The summed E-state index contributed by atoms with van der Waals surface area (Å²) in [4.78, 5) is 43.1. The molecule has 2 fully saturated rings. The van der Waals surface area contributed by atoms with Gasteiger partial charge in [0.2, 0.25) is 0 Å². The van der Waals surface area contributed by atoms with Crippen molar-refractivity contribution < 1.29 is 27.9 Å². The maximum Gasteiger partial charge on any atom is 0.416 e. The number of carboxylic acids is 1. The number of aliphatic carboxylic acids is 1. The van der Waals surface area contributed by atoms with Crippen LogP contribution in [0.2, 0.25) is 0 Å². The van der Waals surface area contributed by atoms with Gasteiger partial charge >= 0.3 is 12.1 Å². The Morgan fingerprint density at radius 3 is 2.51 bits per heavy atom. The summed E-state index contributed by atoms with van der Waals surface area (Å²) >= 11 is 1.37. The fraction of sp³-hybridized carbons (Fsp3) is 0.516. The van der Waals surface area contributed by atoms with E-state index in [2.05, 4.69) is 21.8 Å². The second kappa shape index (κ2) is 13.1. The molecule has 0 aliphatic carbocycles. The summed E-state index contributed by atoms with van der Waals surface area (Å²) in [5.74, 6) is -0.836. The van der Waals surface area contributed by atoms with Gasteiger partial charge in [0.25, 0.3) is 0 Å². The molecule has 8 nitrogen and oxygen atoms in total. The predicted octanol–water partition coefficient (Wildman–Crippen LogP) is 6.42. The Morgan fingerprint density at radius 1 is 1.09 bits per heavy atom. The highest BCUT2D eigenvalue weighted by Gasteiger charge is 2.33. The van der Waals surface area contributed by atoms with Crippen LogP contribution in [-0.4, -0.2) is 62.4 Å². The molecule has 1 aromatic carbocycles. The van der Waals surface area contributed by atoms with Crippen LogP contribution in [0.3, 0.4) is 0 Å². The van der Waals surface area contributed by atoms with Crippen LogP contribution in [0.1, 0.15) is 76.9 Å². The molecular formula is C31H36F3N5O3S. The summed E-state index contributed by atoms with van der Waals surface area (Å²) in [5.41, 5.74) is 0.532. The maximum absolute atomic E-state index is 13.8. The number of hydrogen-bond acceptors (Lipinski definition) is 8. The van der Waals surface area contributed by atoms with Crippen molar-refractivity contribution in [2.24, 2.45) is 5.92 Å². The van der Waals surface area contributed by atoms with Crippen LogP contribution in [0, 0.1) is 12.8 Å². The van der Waals surface area contributed by atoms with Gasteiger partial charge in [0.15, 0.2) is 5.78 Å². The Hall–Kier alpha value is -3.38. The van der Waals surface area contributed by atoms with Gasteiger partial charge in [-0.2, -0.15) is 13.2 Å². The van der Waals surface area contributed by atoms with Crippen LogP contribution in [0.5, 0.6) is 0 Å². The van der Waals surface area contributed by atoms with E-state index in [1.165, 1.54) is 36.7 Å². The topological polar surface area (TPSA) is 99.5 Å². The number of aromatic nitrogens is 3. The van der Waals surface area contributed by atoms with Crippen molar-refractivity contribution in [3.8, 4) is 11.3 Å². The van der Waals surface area contributed by atoms with Crippen LogP contribution in [0.25, 0.3) is 11.3 Å². The van der Waals surface area contributed by atoms with Gasteiger partial charge in [-0.05, 0) is 57.2 Å². The Balaban J connectivity index is 1.37. The monoisotopic (exact) mass is 615 g/mol. The maximum atomic E-state index is 13.8. The average molecular weight is 616 g/mol. The molecule has 0 saturated carbocycles. The Morgan fingerprint density at radius 2 is 1.86 bits per heavy atom. The van der Waals surface area contributed by atoms with Crippen molar-refractivity contribution >= 4 is 28.9 Å². The molecule has 1 atom stereocenters. The van der Waals surface area contributed by atoms with Gasteiger partial charge in [-0.15, -0.1) is 11.3 Å². The summed E-state index contributed by atoms with van der Waals surface area (Å²) in [5, 5.41) is 9.75. The lowest BCUT2D eigenvalue weighted by Crippen LogP contribution is -2.36. The van der Waals surface area contributed by atoms with E-state index in [0.717, 1.165) is 43.2 Å². The Kier molecular flexibility index (Phi) is 9.45. The van der Waals surface area contributed by atoms with Crippen molar-refractivity contribution in [1.82, 2.24) is 19.9 Å². The largest absolute Gasteiger partial charge is 0.481 e. The third-order valence-corrected chi connectivity index (χ3v) is 9.47. The standard InChI is InChI=1S/C31H36F3N5O3S/c1-3-5-22-6-4-11-39(22)18-26-29(21-8-7-19(2)23(14-21)31(32,33)34)37-28(43-26)15-25(40)24-16-36-27(17-35-24)38-12-9-20(10-13-38)30(41)42/h7-8,14,16-17,20,22H,3-6,9-13,15,18H2,1-2H3,(H,41,42)/t22-/m1/s1. The minimum Gasteiger partial charge on any atom is -0.481 e. The number of nitrogens with zero attached hydrogens (tertiary/aromatic N) is 5. The number of benzene rings is 1. The van der Waals surface area contributed by atoms with Crippen LogP contribution >= 0.6 is 11.3 Å². The number of rotatable bonds is 10. The number of carboxylic acid groups (broad SMARTS) is 1. The second-order valence-electron chi connectivity index (χ2n) is 11.4. The first kappa shape index (κ1) is 31.1. The summed E-state index contributed by atoms with van der Waals surface area (Å²) in [6.45, 7) is 6.20. The zero-order chi connectivity index (χ0) is 30.7. The molecule has 230 valence electrons. The lowest BCUT2D eigenvalue weighted by atomic mass is 9.97. The van der Waals surface area contributed by atoms with E-state index in [-0.39, 0.29) is 29.4 Å². The van der Waals surface area contributed by atoms with Gasteiger partial charge in [-0.25, -0.2) is 15.0 Å². The van der Waals surface area contributed by atoms with Crippen molar-refractivity contribution in [2.45, 2.75) is 77.6 Å². The molecule has 5 rings (SSSR count). The number of alkyl halides is 3. The molecule has 12 heteroatoms. The summed E-state index contributed by atoms with van der Waals surface area (Å²) in [7, 11) is 0. The van der Waals surface area contributed by atoms with Crippen molar-refractivity contribution in [3.05, 3.63) is 57.3 Å². The number of ketones is 1. The number of anilines is 1. The highest BCUT2D eigenvalue weighted by atomic mass is 32.1. The molecule has 0 spiro atoms. The van der Waals surface area contributed by atoms with Crippen LogP contribution in [-0.2, 0) is 23.9 Å². The molecular weight excluding hydrogens is 579 g/mol. The van der Waals surface area contributed by atoms with Crippen LogP contribution in [0.4, 0.5) is 19.0 Å². The van der Waals surface area contributed by atoms with Crippen LogP contribution in [0.15, 0.2) is 30.6 Å². The quantitative estimate of drug-likeness (QED) is 0.261. The molecule has 2 aliphatic heterocycles. The third kappa shape index (κ3) is 7.23. The van der Waals surface area contributed by atoms with Gasteiger partial charge in [0, 0.05) is 36.1 Å². The average Bonchev–Trinajstić information content (AvgIpc) is 3.59. The lowest BCUT2D eigenvalue weighted by molar-refractivity contribution is -0.142. The summed E-state index contributed by atoms with van der Waals surface area (Å²) < 4.78 is 41.3. The zero-order valence-electron chi connectivity index (χ0n) is 24.4. The number of likely N-dealkylation sites (tertiary alicyclic amines) is 1. The number of hydrogen-bond donors (Lipinski definition) is 1. The van der Waals surface area contributed by atoms with Gasteiger partial charge in [0.05, 0.1) is 36.0 Å². The van der Waals surface area contributed by atoms with Gasteiger partial charge in [0.1, 0.15) is 16.5 Å². The number of Topliss-reactive ketones (excluding diaryl/α,β-unsaturated/α-hetero) is 1. The number of carbonyl (C=O) groups is 2. The zero-order valence-corrected chi connectivity index (χ0v) is 25.2. The number of halogens is 3. The molecule has 2 aromatic heterocycles. The SMILES string of the molecule is CCC[C@@H]1CCCN1Cc1sc(CC(=O)c2cnc(N3CCC(C(=O)O)CC3)cn2)nc1-c1ccc(C)c(C(F)(F)F)c1. The normalized spacial score (nSPS) is 18.3. The number of thiazole rings is 1. The third-order valence-electron chi connectivity index (χ3n) is 8.43. The predicted molar refractivity (Wildman–Crippen MR) is 158 cm³/mol. The number of aryl methyl sites for hydroxylation is 1. The fourth-order valence-corrected chi connectivity index (χ4v) is 7.16. The molecule has 0 radical (unpaired) electrons. The molecule has 4 heterocycles. The van der Waals surface area contributed by atoms with E-state index in [1.54, 1.807) is 6.07 Å². The molecule has 0 amide bonds. The summed E-state index contributed by atoms with van der Waals surface area (Å²) in [6.07, 6.45) is 3.78. The van der Waals surface area contributed by atoms with Gasteiger partial charge < -0.3 is 10.0 Å². The first-order valence-electron chi connectivity index (χ1n) is 14.8. The Labute approximate surface area is 253 Å². The molecule has 2 saturated heterocycles. The highest BCUT2D eigenvalue weighted by molar-refractivity contribution is 7.12. The van der Waals surface area contributed by atoms with E-state index in [4.69, 9.17) is 4.98 Å². The molecule has 1 N–H and O–H groups in total. The van der Waals surface area contributed by atoms with Crippen molar-refractivity contribution in [3.63, 3.8) is 0 Å². The van der Waals surface area contributed by atoms with Crippen molar-refractivity contribution in [2.75, 3.05) is 24.5 Å². The van der Waals surface area contributed by atoms with E-state index >= 15 is 0 Å². The van der Waals surface area contributed by atoms with Crippen LogP contribution < -0.4 is 4.90 Å². The first-order chi connectivity index (χ1) is 20.5. The van der Waals surface area contributed by atoms with E-state index in [0.29, 0.717) is 60.6 Å². The first-order valence-corrected chi connectivity index (χ1v) is 15.6. The highest BCUT2D eigenvalue weighted by Crippen LogP contribution is 2.38. The fourth-order valence-electron chi connectivity index (χ4n) is 6.04. The molecule has 2 aliphatic rings. The van der Waals surface area contributed by atoms with E-state index in [1.807, 2.05) is 4.90 Å². The van der Waals surface area contributed by atoms with E-state index in [9.17, 15) is 27.9 Å². The smallest absolute Gasteiger partial charge is 0.416 e. The van der Waals surface area contributed by atoms with Crippen molar-refractivity contribution in [1.29, 1.82) is 0 Å². The minimum absolute atomic E-state index is 0.0356. The molecule has 3 aromatic rings. The number of carbonyl (C=O) groups excluding carboxylic acids is 1. The van der Waals surface area contributed by atoms with Gasteiger partial charge in [-0.1, -0.05) is 25.5 Å². The lowest BCUT2D eigenvalue weighted by Gasteiger charge is -2.30. The second-order valence-corrected chi connectivity index (χ2v) is 12.6. The summed E-state index contributed by atoms with van der Waals surface area (Å²) in [6, 6.07) is 4.74. The molecule has 43 heavy (non-hydrogen) atoms. The molecule has 0 unspecified atom stereocenters. The minimum atomic E-state index is -4.48. The van der Waals surface area contributed by atoms with E-state index < -0.39 is 17.7 Å².